The lowest BCUT2D eigenvalue weighted by molar-refractivity contribution is -0.157. The molecule has 3 amide bonds. The van der Waals surface area contributed by atoms with Crippen LogP contribution in [-0.4, -0.2) is 103 Å². The molecule has 0 heterocycles. The Morgan fingerprint density at radius 2 is 0.705 bits per heavy atom. The molecule has 0 fully saturated rings. The summed E-state index contributed by atoms with van der Waals surface area (Å²) in [5, 5.41) is 16.1. The lowest BCUT2D eigenvalue weighted by Crippen LogP contribution is -2.56. The summed E-state index contributed by atoms with van der Waals surface area (Å²) in [6.07, 6.45) is 17.3. The van der Waals surface area contributed by atoms with Crippen LogP contribution >= 0.6 is 0 Å². The van der Waals surface area contributed by atoms with Gasteiger partial charge < -0.3 is 26.6 Å². The van der Waals surface area contributed by atoms with Gasteiger partial charge in [0.2, 0.25) is 17.7 Å². The highest BCUT2D eigenvalue weighted by molar-refractivity contribution is 5.86. The van der Waals surface area contributed by atoms with E-state index in [-0.39, 0.29) is 179 Å². The van der Waals surface area contributed by atoms with Crippen LogP contribution in [0.1, 0.15) is 326 Å². The van der Waals surface area contributed by atoms with E-state index < -0.39 is 34.5 Å². The molecule has 95 heavy (non-hydrogen) atoms. The molecule has 0 aliphatic carbocycles. The molecule has 4 atom stereocenters. The minimum Gasteiger partial charge on any atom is -0.356 e. The number of rotatable bonds is 58. The predicted octanol–water partition coefficient (Wildman–Crippen LogP) is 16.9. The lowest BCUT2D eigenvalue weighted by atomic mass is 9.44. The third-order valence-electron chi connectivity index (χ3n) is 18.8. The molecule has 0 rings (SSSR count). The molecule has 0 aromatic heterocycles. The van der Waals surface area contributed by atoms with Gasteiger partial charge in [-0.2, -0.15) is 0 Å². The summed E-state index contributed by atoms with van der Waals surface area (Å²) in [6, 6.07) is 0.494. The van der Waals surface area contributed by atoms with Crippen molar-refractivity contribution in [2.75, 3.05) is 32.7 Å². The van der Waals surface area contributed by atoms with Crippen molar-refractivity contribution in [2.45, 2.75) is 338 Å². The fourth-order valence-electron chi connectivity index (χ4n) is 12.5. The molecule has 0 saturated heterocycles. The molecule has 5 N–H and O–H groups in total. The molecule has 0 aliphatic heterocycles. The first kappa shape index (κ1) is 94.9. The number of allylic oxidation sites excluding steroid dienone is 1. The van der Waals surface area contributed by atoms with Crippen LogP contribution in [-0.2, 0) is 47.9 Å². The van der Waals surface area contributed by atoms with Gasteiger partial charge in [0.1, 0.15) is 40.5 Å². The SMILES string of the molecule is C.CC(C)CCCCCCCNC(=O)C/C=C/CC(=O)C(C)C.CC(C)CCCNC(=O)CC(CCC(=O)C(C)C)C(CCC(=O)CCCNC(C)C)(CC(=O)C(C)C)C(CCC(=O)C(C)C)(CC(=O)NCCCC(C)C)C(CCC(=O)CCCNC(C)C)CC(=O)C(C)C. The Bertz CT molecular complexity index is 2200. The molecule has 0 spiro atoms. The molecule has 0 aliphatic rings. The van der Waals surface area contributed by atoms with Crippen LogP contribution in [0.3, 0.4) is 0 Å². The van der Waals surface area contributed by atoms with Crippen LogP contribution in [0.2, 0.25) is 0 Å². The Morgan fingerprint density at radius 1 is 0.316 bits per heavy atom. The third kappa shape index (κ3) is 45.9. The maximum Gasteiger partial charge on any atom is 0.223 e. The number of carbonyl (C=O) groups is 10. The van der Waals surface area contributed by atoms with Gasteiger partial charge in [-0.1, -0.05) is 190 Å². The average molecular weight is 1340 g/mol. The lowest BCUT2D eigenvalue weighted by Gasteiger charge is -2.59. The van der Waals surface area contributed by atoms with Crippen LogP contribution < -0.4 is 26.6 Å². The zero-order valence-corrected chi connectivity index (χ0v) is 64.0. The van der Waals surface area contributed by atoms with Crippen molar-refractivity contribution < 1.29 is 47.9 Å². The van der Waals surface area contributed by atoms with Gasteiger partial charge in [0, 0.05) is 138 Å². The van der Waals surface area contributed by atoms with Crippen molar-refractivity contribution >= 4 is 58.2 Å². The van der Waals surface area contributed by atoms with E-state index in [9.17, 15) is 38.4 Å². The maximum absolute atomic E-state index is 15.2. The van der Waals surface area contributed by atoms with E-state index in [0.29, 0.717) is 70.1 Å². The highest BCUT2D eigenvalue weighted by Gasteiger charge is 2.60. The standard InChI is InChI=1S/C60H110N4O8.C19H35NO2.CH4/c1-41(2)21-17-35-63-57(71)38-50(26-28-53(67)43(5)6)59(39-56(70)46(11)12,31-29-52(66)24-20-34-62-48(15)16)60(32-30-54(68)44(7)8,40-58(72)64-36-18-22-42(3)4)49(37-55(69)45(9)10)25-27-51(65)23-19-33-61-47(13)14;1-16(2)12-8-6-5-7-11-15-20-19(22)14-10-9-13-18(21)17(3)4;/h41-50,61-62H,17-40H2,1-16H3,(H,63,71)(H,64,72);9-10,16-17H,5-8,11-15H2,1-4H3,(H,20,22);1H4/b;10-9+;. The van der Waals surface area contributed by atoms with E-state index in [1.165, 1.54) is 32.1 Å². The Morgan fingerprint density at radius 3 is 1.20 bits per heavy atom. The van der Waals surface area contributed by atoms with Gasteiger partial charge in [-0.05, 0) is 124 Å². The fraction of sp³-hybridized carbons (Fsp3) is 0.850. The van der Waals surface area contributed by atoms with Crippen LogP contribution in [0.4, 0.5) is 0 Å². The predicted molar refractivity (Wildman–Crippen MR) is 396 cm³/mol. The average Bonchev–Trinajstić information content (AvgIpc) is 0.727. The molecule has 0 bridgehead atoms. The molecule has 0 aromatic rings. The zero-order chi connectivity index (χ0) is 72.0. The summed E-state index contributed by atoms with van der Waals surface area (Å²) in [5.74, 6) is -1.85. The summed E-state index contributed by atoms with van der Waals surface area (Å²) in [7, 11) is 0. The number of carbonyl (C=O) groups excluding carboxylic acids is 10. The Kier molecular flexibility index (Phi) is 54.6. The summed E-state index contributed by atoms with van der Waals surface area (Å²) < 4.78 is 0. The van der Waals surface area contributed by atoms with E-state index in [4.69, 9.17) is 0 Å². The van der Waals surface area contributed by atoms with Gasteiger partial charge in [-0.25, -0.2) is 0 Å². The topological polar surface area (TPSA) is 231 Å². The number of Topliss-reactive ketones (excluding diaryl/α,β-unsaturated/α-hetero) is 7. The van der Waals surface area contributed by atoms with Gasteiger partial charge in [0.15, 0.2) is 0 Å². The summed E-state index contributed by atoms with van der Waals surface area (Å²) in [4.78, 5) is 139. The molecule has 554 valence electrons. The molecule has 4 unspecified atom stereocenters. The van der Waals surface area contributed by atoms with E-state index >= 15 is 9.59 Å². The van der Waals surface area contributed by atoms with Crippen molar-refractivity contribution in [1.29, 1.82) is 0 Å². The van der Waals surface area contributed by atoms with E-state index in [1.54, 1.807) is 12.2 Å². The monoisotopic (exact) mass is 1340 g/mol. The quantitative estimate of drug-likeness (QED) is 0.0283. The van der Waals surface area contributed by atoms with Crippen LogP contribution in [0.25, 0.3) is 0 Å². The number of unbranched alkanes of at least 4 members (excludes halogenated alkanes) is 4. The summed E-state index contributed by atoms with van der Waals surface area (Å²) in [6.45, 7) is 42.6. The normalized spacial score (nSPS) is 13.7. The maximum atomic E-state index is 15.2. The highest BCUT2D eigenvalue weighted by Crippen LogP contribution is 2.64. The molecule has 0 saturated carbocycles. The number of amides is 3. The highest BCUT2D eigenvalue weighted by atomic mass is 16.2. The minimum absolute atomic E-state index is 0. The van der Waals surface area contributed by atoms with Gasteiger partial charge in [-0.15, -0.1) is 0 Å². The first-order valence-electron chi connectivity index (χ1n) is 37.6. The first-order chi connectivity index (χ1) is 44.0. The zero-order valence-electron chi connectivity index (χ0n) is 64.0. The Balaban J connectivity index is -0.00000310. The number of ketones is 7. The number of hydrogen-bond donors (Lipinski definition) is 5. The van der Waals surface area contributed by atoms with Crippen molar-refractivity contribution in [3.63, 3.8) is 0 Å². The van der Waals surface area contributed by atoms with Crippen LogP contribution in [0.5, 0.6) is 0 Å². The smallest absolute Gasteiger partial charge is 0.223 e. The summed E-state index contributed by atoms with van der Waals surface area (Å²) in [5.41, 5.74) is -2.75. The van der Waals surface area contributed by atoms with E-state index in [1.807, 2.05) is 69.2 Å². The van der Waals surface area contributed by atoms with Gasteiger partial charge in [0.05, 0.1) is 0 Å². The van der Waals surface area contributed by atoms with E-state index in [2.05, 4.69) is 95.8 Å². The molecule has 0 aromatic carbocycles. The van der Waals surface area contributed by atoms with Crippen LogP contribution in [0.15, 0.2) is 12.2 Å². The second-order valence-corrected chi connectivity index (χ2v) is 31.1. The second kappa shape index (κ2) is 54.6. The van der Waals surface area contributed by atoms with Gasteiger partial charge >= 0.3 is 0 Å². The van der Waals surface area contributed by atoms with Crippen molar-refractivity contribution in [3.8, 4) is 0 Å². The van der Waals surface area contributed by atoms with Gasteiger partial charge in [-0.3, -0.25) is 47.9 Å². The van der Waals surface area contributed by atoms with Crippen LogP contribution in [0, 0.1) is 70.0 Å². The van der Waals surface area contributed by atoms with Gasteiger partial charge in [0.25, 0.3) is 0 Å². The molecular formula is C80H149N5O10. The van der Waals surface area contributed by atoms with Crippen molar-refractivity contribution in [2.24, 2.45) is 70.0 Å². The van der Waals surface area contributed by atoms with E-state index in [0.717, 1.165) is 44.6 Å². The Hall–Kier alpha value is -4.24. The molecule has 15 nitrogen and oxygen atoms in total. The Labute approximate surface area is 582 Å². The largest absolute Gasteiger partial charge is 0.356 e. The minimum atomic E-state index is -1.38. The molecular weight excluding hydrogens is 1190 g/mol. The second-order valence-electron chi connectivity index (χ2n) is 31.1. The summed E-state index contributed by atoms with van der Waals surface area (Å²) >= 11 is 0. The van der Waals surface area contributed by atoms with Crippen molar-refractivity contribution in [1.82, 2.24) is 26.6 Å². The molecule has 0 radical (unpaired) electrons. The number of hydrogen-bond acceptors (Lipinski definition) is 12. The number of nitrogens with one attached hydrogen (secondary N) is 5. The first-order valence-corrected chi connectivity index (χ1v) is 37.6. The molecule has 15 heteroatoms. The van der Waals surface area contributed by atoms with Crippen molar-refractivity contribution in [3.05, 3.63) is 12.2 Å². The third-order valence-corrected chi connectivity index (χ3v) is 18.8. The fourth-order valence-corrected chi connectivity index (χ4v) is 12.5.